The standard InChI is InChI=1S/C13H9F3N2O/c14-9-5-7(6-10(15)12(9)16)18-13(19)8-3-1-2-4-11(8)17/h1-6H,17H2,(H,18,19). The minimum atomic E-state index is -1.59. The fourth-order valence-electron chi connectivity index (χ4n) is 1.53. The maximum Gasteiger partial charge on any atom is 0.257 e. The second kappa shape index (κ2) is 5.01. The van der Waals surface area contributed by atoms with Gasteiger partial charge in [0, 0.05) is 23.5 Å². The van der Waals surface area contributed by atoms with Gasteiger partial charge in [-0.3, -0.25) is 4.79 Å². The van der Waals surface area contributed by atoms with Crippen molar-refractivity contribution < 1.29 is 18.0 Å². The van der Waals surface area contributed by atoms with Gasteiger partial charge in [-0.1, -0.05) is 12.1 Å². The third-order valence-electron chi connectivity index (χ3n) is 2.45. The summed E-state index contributed by atoms with van der Waals surface area (Å²) in [7, 11) is 0. The van der Waals surface area contributed by atoms with Crippen molar-refractivity contribution >= 4 is 17.3 Å². The lowest BCUT2D eigenvalue weighted by molar-refractivity contribution is 0.102. The smallest absolute Gasteiger partial charge is 0.257 e. The highest BCUT2D eigenvalue weighted by molar-refractivity contribution is 6.07. The molecule has 0 spiro atoms. The van der Waals surface area contributed by atoms with Gasteiger partial charge in [0.05, 0.1) is 5.56 Å². The quantitative estimate of drug-likeness (QED) is 0.648. The van der Waals surface area contributed by atoms with Crippen LogP contribution < -0.4 is 11.1 Å². The molecule has 3 N–H and O–H groups in total. The van der Waals surface area contributed by atoms with Crippen LogP contribution in [0.25, 0.3) is 0 Å². The van der Waals surface area contributed by atoms with Crippen LogP contribution in [0.3, 0.4) is 0 Å². The molecule has 0 heterocycles. The van der Waals surface area contributed by atoms with E-state index >= 15 is 0 Å². The molecule has 0 aliphatic carbocycles. The Labute approximate surface area is 106 Å². The first-order chi connectivity index (χ1) is 8.99. The SMILES string of the molecule is Nc1ccccc1C(=O)Nc1cc(F)c(F)c(F)c1. The van der Waals surface area contributed by atoms with Crippen molar-refractivity contribution in [3.05, 3.63) is 59.4 Å². The second-order valence-corrected chi connectivity index (χ2v) is 3.80. The number of carbonyl (C=O) groups excluding carboxylic acids is 1. The highest BCUT2D eigenvalue weighted by atomic mass is 19.2. The normalized spacial score (nSPS) is 10.3. The third kappa shape index (κ3) is 2.67. The first-order valence-corrected chi connectivity index (χ1v) is 5.29. The minimum absolute atomic E-state index is 0.160. The fraction of sp³-hybridized carbons (Fsp3) is 0. The number of rotatable bonds is 2. The highest BCUT2D eigenvalue weighted by Gasteiger charge is 2.14. The molecule has 19 heavy (non-hydrogen) atoms. The van der Waals surface area contributed by atoms with E-state index < -0.39 is 23.4 Å². The summed E-state index contributed by atoms with van der Waals surface area (Å²) < 4.78 is 38.7. The minimum Gasteiger partial charge on any atom is -0.398 e. The van der Waals surface area contributed by atoms with Crippen molar-refractivity contribution in [2.75, 3.05) is 11.1 Å². The van der Waals surface area contributed by atoms with Crippen LogP contribution in [0.1, 0.15) is 10.4 Å². The van der Waals surface area contributed by atoms with Gasteiger partial charge in [0.2, 0.25) is 0 Å². The first-order valence-electron chi connectivity index (χ1n) is 5.29. The summed E-state index contributed by atoms with van der Waals surface area (Å²) >= 11 is 0. The number of nitrogen functional groups attached to an aromatic ring is 1. The number of para-hydroxylation sites is 1. The number of anilines is 2. The largest absolute Gasteiger partial charge is 0.398 e. The van der Waals surface area contributed by atoms with Crippen molar-refractivity contribution in [1.82, 2.24) is 0 Å². The summed E-state index contributed by atoms with van der Waals surface area (Å²) in [6.45, 7) is 0. The van der Waals surface area contributed by atoms with Crippen LogP contribution in [0.15, 0.2) is 36.4 Å². The maximum absolute atomic E-state index is 13.0. The van der Waals surface area contributed by atoms with Gasteiger partial charge >= 0.3 is 0 Å². The Kier molecular flexibility index (Phi) is 3.41. The number of benzene rings is 2. The van der Waals surface area contributed by atoms with E-state index in [-0.39, 0.29) is 16.9 Å². The molecule has 98 valence electrons. The average Bonchev–Trinajstić information content (AvgIpc) is 2.36. The Morgan fingerprint density at radius 2 is 1.63 bits per heavy atom. The zero-order valence-corrected chi connectivity index (χ0v) is 9.58. The lowest BCUT2D eigenvalue weighted by Gasteiger charge is -2.08. The molecule has 0 saturated heterocycles. The Morgan fingerprint density at radius 3 is 2.21 bits per heavy atom. The van der Waals surface area contributed by atoms with Crippen molar-refractivity contribution in [1.29, 1.82) is 0 Å². The molecule has 0 aromatic heterocycles. The lowest BCUT2D eigenvalue weighted by Crippen LogP contribution is -2.14. The molecule has 2 aromatic carbocycles. The molecule has 2 rings (SSSR count). The van der Waals surface area contributed by atoms with Crippen LogP contribution in [0.4, 0.5) is 24.5 Å². The number of nitrogens with two attached hydrogens (primary N) is 1. The molecule has 0 unspecified atom stereocenters. The summed E-state index contributed by atoms with van der Waals surface area (Å²) in [5, 5.41) is 2.24. The Balaban J connectivity index is 2.27. The molecule has 0 aliphatic heterocycles. The van der Waals surface area contributed by atoms with E-state index in [2.05, 4.69) is 5.32 Å². The van der Waals surface area contributed by atoms with Crippen LogP contribution >= 0.6 is 0 Å². The van der Waals surface area contributed by atoms with Crippen LogP contribution in [-0.2, 0) is 0 Å². The Hall–Kier alpha value is -2.50. The Bertz CT molecular complexity index is 621. The molecule has 0 atom stereocenters. The number of hydrogen-bond donors (Lipinski definition) is 2. The molecule has 6 heteroatoms. The van der Waals surface area contributed by atoms with Crippen molar-refractivity contribution in [3.63, 3.8) is 0 Å². The summed E-state index contributed by atoms with van der Waals surface area (Å²) in [4.78, 5) is 11.8. The van der Waals surface area contributed by atoms with E-state index in [4.69, 9.17) is 5.73 Å². The van der Waals surface area contributed by atoms with Gasteiger partial charge in [0.15, 0.2) is 17.5 Å². The van der Waals surface area contributed by atoms with Crippen molar-refractivity contribution in [2.24, 2.45) is 0 Å². The average molecular weight is 266 g/mol. The van der Waals surface area contributed by atoms with Gasteiger partial charge in [-0.15, -0.1) is 0 Å². The number of carbonyl (C=O) groups is 1. The predicted octanol–water partition coefficient (Wildman–Crippen LogP) is 2.94. The molecular formula is C13H9F3N2O. The fourth-order valence-corrected chi connectivity index (χ4v) is 1.53. The van der Waals surface area contributed by atoms with Crippen molar-refractivity contribution in [3.8, 4) is 0 Å². The molecule has 0 fully saturated rings. The summed E-state index contributed by atoms with van der Waals surface area (Å²) in [6.07, 6.45) is 0. The van der Waals surface area contributed by atoms with Gasteiger partial charge in [-0.05, 0) is 12.1 Å². The molecule has 0 saturated carbocycles. The van der Waals surface area contributed by atoms with Crippen LogP contribution in [-0.4, -0.2) is 5.91 Å². The lowest BCUT2D eigenvalue weighted by atomic mass is 10.1. The van der Waals surface area contributed by atoms with Gasteiger partial charge < -0.3 is 11.1 Å². The molecule has 2 aromatic rings. The van der Waals surface area contributed by atoms with Gasteiger partial charge in [0.1, 0.15) is 0 Å². The number of hydrogen-bond acceptors (Lipinski definition) is 2. The summed E-state index contributed by atoms with van der Waals surface area (Å²) in [5.41, 5.74) is 5.78. The van der Waals surface area contributed by atoms with E-state index in [0.29, 0.717) is 12.1 Å². The van der Waals surface area contributed by atoms with Crippen LogP contribution in [0, 0.1) is 17.5 Å². The van der Waals surface area contributed by atoms with E-state index in [9.17, 15) is 18.0 Å². The van der Waals surface area contributed by atoms with Gasteiger partial charge in [-0.25, -0.2) is 13.2 Å². The first kappa shape index (κ1) is 12.9. The highest BCUT2D eigenvalue weighted by Crippen LogP contribution is 2.19. The number of halogens is 3. The zero-order valence-electron chi connectivity index (χ0n) is 9.58. The van der Waals surface area contributed by atoms with E-state index in [1.807, 2.05) is 0 Å². The predicted molar refractivity (Wildman–Crippen MR) is 65.1 cm³/mol. The van der Waals surface area contributed by atoms with E-state index in [1.165, 1.54) is 12.1 Å². The summed E-state index contributed by atoms with van der Waals surface area (Å²) in [5.74, 6) is -4.98. The van der Waals surface area contributed by atoms with E-state index in [1.54, 1.807) is 12.1 Å². The molecule has 3 nitrogen and oxygen atoms in total. The molecule has 0 bridgehead atoms. The monoisotopic (exact) mass is 266 g/mol. The number of amides is 1. The second-order valence-electron chi connectivity index (χ2n) is 3.80. The molecule has 1 amide bonds. The van der Waals surface area contributed by atoms with E-state index in [0.717, 1.165) is 0 Å². The topological polar surface area (TPSA) is 55.1 Å². The van der Waals surface area contributed by atoms with Gasteiger partial charge in [0.25, 0.3) is 5.91 Å². The zero-order chi connectivity index (χ0) is 14.0. The molecule has 0 radical (unpaired) electrons. The third-order valence-corrected chi connectivity index (χ3v) is 2.45. The van der Waals surface area contributed by atoms with Crippen LogP contribution in [0.2, 0.25) is 0 Å². The summed E-state index contributed by atoms with van der Waals surface area (Å²) in [6, 6.07) is 7.59. The molecule has 0 aliphatic rings. The Morgan fingerprint density at radius 1 is 1.05 bits per heavy atom. The number of nitrogens with one attached hydrogen (secondary N) is 1. The maximum atomic E-state index is 13.0. The van der Waals surface area contributed by atoms with Crippen molar-refractivity contribution in [2.45, 2.75) is 0 Å². The molecular weight excluding hydrogens is 257 g/mol. The van der Waals surface area contributed by atoms with Crippen LogP contribution in [0.5, 0.6) is 0 Å². The van der Waals surface area contributed by atoms with Gasteiger partial charge in [-0.2, -0.15) is 0 Å².